The first-order valence-electron chi connectivity index (χ1n) is 5.80. The third kappa shape index (κ3) is 5.20. The van der Waals surface area contributed by atoms with Gasteiger partial charge in [0.15, 0.2) is 11.4 Å². The summed E-state index contributed by atoms with van der Waals surface area (Å²) in [4.78, 5) is 24.7. The Balaban J connectivity index is 5.23. The Morgan fingerprint density at radius 1 is 1.30 bits per heavy atom. The quantitative estimate of drug-likeness (QED) is 0.346. The molecule has 0 amide bonds. The number of halogens is 3. The van der Waals surface area contributed by atoms with E-state index >= 15 is 0 Å². The number of hydrogen-bond donors (Lipinski definition) is 1. The third-order valence-electron chi connectivity index (χ3n) is 2.30. The van der Waals surface area contributed by atoms with E-state index in [1.54, 1.807) is 0 Å². The maximum atomic E-state index is 12.5. The zero-order valence-corrected chi connectivity index (χ0v) is 11.7. The fourth-order valence-electron chi connectivity index (χ4n) is 1.21. The monoisotopic (exact) mass is 297 g/mol. The molecule has 20 heavy (non-hydrogen) atoms. The molecule has 0 heterocycles. The average molecular weight is 297 g/mol. The number of Topliss-reactive ketones (excluding diaryl/α,β-unsaturated/α-hetero) is 1. The van der Waals surface area contributed by atoms with Crippen LogP contribution in [0.1, 0.15) is 20.3 Å². The van der Waals surface area contributed by atoms with Crippen molar-refractivity contribution in [3.8, 4) is 0 Å². The molecule has 116 valence electrons. The second kappa shape index (κ2) is 6.74. The largest absolute Gasteiger partial charge is 0.462 e. The zero-order valence-electron chi connectivity index (χ0n) is 11.7. The lowest BCUT2D eigenvalue weighted by atomic mass is 9.95. The van der Waals surface area contributed by atoms with Gasteiger partial charge in [0.2, 0.25) is 0 Å². The summed E-state index contributed by atoms with van der Waals surface area (Å²) < 4.78 is 42.2. The summed E-state index contributed by atoms with van der Waals surface area (Å²) in [6.07, 6.45) is -5.16. The highest BCUT2D eigenvalue weighted by Crippen LogP contribution is 2.33. The highest BCUT2D eigenvalue weighted by atomic mass is 19.4. The summed E-state index contributed by atoms with van der Waals surface area (Å²) in [6, 6.07) is 0. The topological polar surface area (TPSA) is 66.8 Å². The molecule has 8 heteroatoms. The maximum Gasteiger partial charge on any atom is 0.417 e. The maximum absolute atomic E-state index is 12.5. The molecule has 0 aliphatic heterocycles. The number of ether oxygens (including phenoxy) is 1. The van der Waals surface area contributed by atoms with E-state index in [0.717, 1.165) is 6.20 Å². The van der Waals surface area contributed by atoms with E-state index in [0.29, 0.717) is 6.92 Å². The molecule has 0 spiro atoms. The molecule has 0 bridgehead atoms. The number of carbonyl (C=O) groups is 2. The molecule has 5 nitrogen and oxygen atoms in total. The van der Waals surface area contributed by atoms with E-state index in [9.17, 15) is 27.9 Å². The SMILES string of the molecule is CCOC(=O)C(=CN(C)C)C(=O)C[C@@](C)(O)C(F)(F)F. The van der Waals surface area contributed by atoms with E-state index in [2.05, 4.69) is 4.74 Å². The summed E-state index contributed by atoms with van der Waals surface area (Å²) >= 11 is 0. The summed E-state index contributed by atoms with van der Waals surface area (Å²) in [7, 11) is 2.99. The molecule has 0 saturated carbocycles. The fraction of sp³-hybridized carbons (Fsp3) is 0.667. The van der Waals surface area contributed by atoms with Gasteiger partial charge in [-0.3, -0.25) is 4.79 Å². The van der Waals surface area contributed by atoms with Crippen molar-refractivity contribution >= 4 is 11.8 Å². The molecule has 0 radical (unpaired) electrons. The Hall–Kier alpha value is -1.57. The number of ketones is 1. The van der Waals surface area contributed by atoms with Crippen LogP contribution in [0.2, 0.25) is 0 Å². The number of esters is 1. The molecule has 0 rings (SSSR count). The Bertz CT molecular complexity index is 400. The molecule has 0 unspecified atom stereocenters. The van der Waals surface area contributed by atoms with Gasteiger partial charge in [-0.2, -0.15) is 13.2 Å². The lowest BCUT2D eigenvalue weighted by molar-refractivity contribution is -0.252. The van der Waals surface area contributed by atoms with Crippen molar-refractivity contribution in [2.45, 2.75) is 32.0 Å². The summed E-state index contributed by atoms with van der Waals surface area (Å²) in [5.41, 5.74) is -3.75. The number of nitrogens with zero attached hydrogens (tertiary/aromatic N) is 1. The normalized spacial score (nSPS) is 15.5. The summed E-state index contributed by atoms with van der Waals surface area (Å²) in [5, 5.41) is 9.28. The van der Waals surface area contributed by atoms with Crippen LogP contribution in [0.3, 0.4) is 0 Å². The van der Waals surface area contributed by atoms with Gasteiger partial charge in [0.1, 0.15) is 5.57 Å². The highest BCUT2D eigenvalue weighted by Gasteiger charge is 2.51. The fourth-order valence-corrected chi connectivity index (χ4v) is 1.21. The molecule has 0 saturated heterocycles. The van der Waals surface area contributed by atoms with E-state index in [4.69, 9.17) is 0 Å². The van der Waals surface area contributed by atoms with Gasteiger partial charge in [-0.15, -0.1) is 0 Å². The molecular formula is C12H18F3NO4. The highest BCUT2D eigenvalue weighted by molar-refractivity contribution is 6.17. The Kier molecular flexibility index (Phi) is 6.21. The van der Waals surface area contributed by atoms with Crippen LogP contribution in [0, 0.1) is 0 Å². The van der Waals surface area contributed by atoms with Crippen LogP contribution < -0.4 is 0 Å². The van der Waals surface area contributed by atoms with Gasteiger partial charge in [-0.25, -0.2) is 4.79 Å². The van der Waals surface area contributed by atoms with Crippen molar-refractivity contribution in [1.82, 2.24) is 4.90 Å². The molecular weight excluding hydrogens is 279 g/mol. The standard InChI is InChI=1S/C12H18F3NO4/c1-5-20-10(18)8(7-16(3)4)9(17)6-11(2,19)12(13,14)15/h7,19H,5-6H2,1-4H3/t11-/m1/s1. The minimum Gasteiger partial charge on any atom is -0.462 e. The van der Waals surface area contributed by atoms with Crippen molar-refractivity contribution in [1.29, 1.82) is 0 Å². The minimum absolute atomic E-state index is 0.0213. The summed E-state index contributed by atoms with van der Waals surface area (Å²) in [6.45, 7) is 1.96. The number of aliphatic hydroxyl groups is 1. The van der Waals surface area contributed by atoms with E-state index in [1.807, 2.05) is 0 Å². The Labute approximate surface area is 115 Å². The van der Waals surface area contributed by atoms with Crippen molar-refractivity contribution in [2.75, 3.05) is 20.7 Å². The van der Waals surface area contributed by atoms with Gasteiger partial charge in [-0.05, 0) is 13.8 Å². The van der Waals surface area contributed by atoms with Crippen molar-refractivity contribution < 1.29 is 32.6 Å². The van der Waals surface area contributed by atoms with Crippen LogP contribution in [0.15, 0.2) is 11.8 Å². The van der Waals surface area contributed by atoms with Gasteiger partial charge in [-0.1, -0.05) is 0 Å². The van der Waals surface area contributed by atoms with Gasteiger partial charge in [0.25, 0.3) is 0 Å². The molecule has 1 atom stereocenters. The van der Waals surface area contributed by atoms with Gasteiger partial charge in [0.05, 0.1) is 6.61 Å². The lowest BCUT2D eigenvalue weighted by Crippen LogP contribution is -2.44. The van der Waals surface area contributed by atoms with Gasteiger partial charge in [0, 0.05) is 26.7 Å². The smallest absolute Gasteiger partial charge is 0.417 e. The first kappa shape index (κ1) is 18.4. The average Bonchev–Trinajstić information content (AvgIpc) is 2.23. The van der Waals surface area contributed by atoms with Crippen molar-refractivity contribution in [3.05, 3.63) is 11.8 Å². The molecule has 1 N–H and O–H groups in total. The second-order valence-corrected chi connectivity index (χ2v) is 4.60. The van der Waals surface area contributed by atoms with Crippen LogP contribution in [-0.2, 0) is 14.3 Å². The number of hydrogen-bond acceptors (Lipinski definition) is 5. The second-order valence-electron chi connectivity index (χ2n) is 4.60. The minimum atomic E-state index is -4.97. The van der Waals surface area contributed by atoms with E-state index < -0.39 is 35.5 Å². The van der Waals surface area contributed by atoms with Gasteiger partial charge < -0.3 is 14.7 Å². The molecule has 0 aromatic rings. The van der Waals surface area contributed by atoms with Crippen molar-refractivity contribution in [2.24, 2.45) is 0 Å². The van der Waals surface area contributed by atoms with Crippen LogP contribution >= 0.6 is 0 Å². The summed E-state index contributed by atoms with van der Waals surface area (Å²) in [5.74, 6) is -2.16. The van der Waals surface area contributed by atoms with E-state index in [-0.39, 0.29) is 6.61 Å². The van der Waals surface area contributed by atoms with Gasteiger partial charge >= 0.3 is 12.1 Å². The number of alkyl halides is 3. The van der Waals surface area contributed by atoms with Crippen LogP contribution in [-0.4, -0.2) is 54.2 Å². The molecule has 0 fully saturated rings. The lowest BCUT2D eigenvalue weighted by Gasteiger charge is -2.25. The first-order valence-corrected chi connectivity index (χ1v) is 5.80. The number of rotatable bonds is 6. The number of carbonyl (C=O) groups excluding carboxylic acids is 2. The van der Waals surface area contributed by atoms with E-state index in [1.165, 1.54) is 25.9 Å². The molecule has 0 aliphatic carbocycles. The predicted molar refractivity (Wildman–Crippen MR) is 64.7 cm³/mol. The predicted octanol–water partition coefficient (Wildman–Crippen LogP) is 1.27. The molecule has 0 aromatic heterocycles. The molecule has 0 aliphatic rings. The Morgan fingerprint density at radius 2 is 1.80 bits per heavy atom. The first-order chi connectivity index (χ1) is 8.92. The zero-order chi connectivity index (χ0) is 16.1. The van der Waals surface area contributed by atoms with Crippen LogP contribution in [0.4, 0.5) is 13.2 Å². The molecule has 0 aromatic carbocycles. The van der Waals surface area contributed by atoms with Crippen LogP contribution in [0.5, 0.6) is 0 Å². The Morgan fingerprint density at radius 3 is 2.15 bits per heavy atom. The third-order valence-corrected chi connectivity index (χ3v) is 2.30. The van der Waals surface area contributed by atoms with Crippen LogP contribution in [0.25, 0.3) is 0 Å². The van der Waals surface area contributed by atoms with Crippen molar-refractivity contribution in [3.63, 3.8) is 0 Å².